The highest BCUT2D eigenvalue weighted by molar-refractivity contribution is 9.10. The maximum atomic E-state index is 12.4. The van der Waals surface area contributed by atoms with Gasteiger partial charge in [-0.2, -0.15) is 8.78 Å². The molecule has 1 heterocycles. The molecule has 0 spiro atoms. The molecule has 0 aliphatic carbocycles. The number of hydrogen-bond acceptors (Lipinski definition) is 4. The van der Waals surface area contributed by atoms with Crippen LogP contribution in [0.1, 0.15) is 18.9 Å². The summed E-state index contributed by atoms with van der Waals surface area (Å²) in [4.78, 5) is 0. The van der Waals surface area contributed by atoms with E-state index in [0.717, 1.165) is 4.47 Å². The Morgan fingerprint density at radius 1 is 1.48 bits per heavy atom. The lowest BCUT2D eigenvalue weighted by Crippen LogP contribution is -2.42. The average molecular weight is 384 g/mol. The summed E-state index contributed by atoms with van der Waals surface area (Å²) in [5.41, 5.74) is 0.0127. The van der Waals surface area contributed by atoms with Gasteiger partial charge in [0.25, 0.3) is 0 Å². The van der Waals surface area contributed by atoms with E-state index in [1.165, 1.54) is 6.07 Å². The lowest BCUT2D eigenvalue weighted by molar-refractivity contribution is -0.0505. The molecule has 1 unspecified atom stereocenters. The van der Waals surface area contributed by atoms with Gasteiger partial charge in [-0.15, -0.1) is 0 Å². The minimum absolute atomic E-state index is 0.0546. The van der Waals surface area contributed by atoms with Crippen LogP contribution in [-0.2, 0) is 16.4 Å². The molecule has 8 heteroatoms. The minimum Gasteiger partial charge on any atom is -0.434 e. The van der Waals surface area contributed by atoms with E-state index in [4.69, 9.17) is 0 Å². The molecule has 0 amide bonds. The van der Waals surface area contributed by atoms with Gasteiger partial charge < -0.3 is 10.1 Å². The van der Waals surface area contributed by atoms with Crippen molar-refractivity contribution in [3.63, 3.8) is 0 Å². The Kier molecular flexibility index (Phi) is 4.89. The SMILES string of the molecule is CC1(NCc2cc(Br)ccc2OC(F)F)CCS(=O)(=O)C1. The summed E-state index contributed by atoms with van der Waals surface area (Å²) in [5.74, 6) is 0.291. The van der Waals surface area contributed by atoms with Gasteiger partial charge in [0.2, 0.25) is 0 Å². The van der Waals surface area contributed by atoms with Gasteiger partial charge in [0, 0.05) is 22.1 Å². The van der Waals surface area contributed by atoms with Gasteiger partial charge in [-0.05, 0) is 31.5 Å². The molecule has 0 radical (unpaired) electrons. The molecule has 1 atom stereocenters. The van der Waals surface area contributed by atoms with Gasteiger partial charge in [-0.3, -0.25) is 0 Å². The molecule has 1 aromatic rings. The van der Waals surface area contributed by atoms with Crippen LogP contribution >= 0.6 is 15.9 Å². The van der Waals surface area contributed by atoms with E-state index >= 15 is 0 Å². The molecule has 0 bridgehead atoms. The van der Waals surface area contributed by atoms with Crippen molar-refractivity contribution < 1.29 is 21.9 Å². The number of benzene rings is 1. The van der Waals surface area contributed by atoms with Crippen molar-refractivity contribution in [3.8, 4) is 5.75 Å². The zero-order valence-corrected chi connectivity index (χ0v) is 13.8. The molecule has 1 saturated heterocycles. The summed E-state index contributed by atoms with van der Waals surface area (Å²) in [5, 5.41) is 3.15. The average Bonchev–Trinajstić information content (AvgIpc) is 2.64. The number of hydrogen-bond donors (Lipinski definition) is 1. The van der Waals surface area contributed by atoms with Crippen LogP contribution in [0.2, 0.25) is 0 Å². The Balaban J connectivity index is 2.11. The maximum Gasteiger partial charge on any atom is 0.387 e. The van der Waals surface area contributed by atoms with Crippen molar-refractivity contribution in [2.45, 2.75) is 32.0 Å². The van der Waals surface area contributed by atoms with Crippen molar-refractivity contribution in [2.75, 3.05) is 11.5 Å². The van der Waals surface area contributed by atoms with Crippen LogP contribution in [0.3, 0.4) is 0 Å². The fraction of sp³-hybridized carbons (Fsp3) is 0.538. The summed E-state index contributed by atoms with van der Waals surface area (Å²) in [6, 6.07) is 4.75. The molecule has 4 nitrogen and oxygen atoms in total. The molecule has 1 aromatic carbocycles. The standard InChI is InChI=1S/C13H16BrF2NO3S/c1-13(4-5-21(18,19)8-13)17-7-9-6-10(14)2-3-11(9)20-12(15)16/h2-3,6,12,17H,4-5,7-8H2,1H3. The number of ether oxygens (including phenoxy) is 1. The molecular formula is C13H16BrF2NO3S. The second-order valence-electron chi connectivity index (χ2n) is 5.39. The first-order valence-corrected chi connectivity index (χ1v) is 8.99. The summed E-state index contributed by atoms with van der Waals surface area (Å²) in [6.45, 7) is -0.816. The number of rotatable bonds is 5. The van der Waals surface area contributed by atoms with Crippen LogP contribution in [0.15, 0.2) is 22.7 Å². The third-order valence-corrected chi connectivity index (χ3v) is 5.84. The predicted octanol–water partition coefficient (Wildman–Crippen LogP) is 2.72. The van der Waals surface area contributed by atoms with Crippen LogP contribution in [0, 0.1) is 0 Å². The zero-order chi connectivity index (χ0) is 15.7. The van der Waals surface area contributed by atoms with E-state index in [9.17, 15) is 17.2 Å². The van der Waals surface area contributed by atoms with Crippen molar-refractivity contribution in [1.29, 1.82) is 0 Å². The molecule has 0 aromatic heterocycles. The van der Waals surface area contributed by atoms with E-state index in [2.05, 4.69) is 26.0 Å². The first-order chi connectivity index (χ1) is 9.69. The summed E-state index contributed by atoms with van der Waals surface area (Å²) in [6.07, 6.45) is 0.508. The monoisotopic (exact) mass is 383 g/mol. The second kappa shape index (κ2) is 6.18. The fourth-order valence-electron chi connectivity index (χ4n) is 2.36. The highest BCUT2D eigenvalue weighted by Crippen LogP contribution is 2.27. The molecule has 1 N–H and O–H groups in total. The van der Waals surface area contributed by atoms with Crippen LogP contribution in [-0.4, -0.2) is 32.1 Å². The lowest BCUT2D eigenvalue weighted by atomic mass is 10.0. The van der Waals surface area contributed by atoms with Crippen LogP contribution in [0.4, 0.5) is 8.78 Å². The van der Waals surface area contributed by atoms with Crippen molar-refractivity contribution in [2.24, 2.45) is 0 Å². The summed E-state index contributed by atoms with van der Waals surface area (Å²) >= 11 is 3.28. The third-order valence-electron chi connectivity index (χ3n) is 3.45. The maximum absolute atomic E-state index is 12.4. The first kappa shape index (κ1) is 16.6. The second-order valence-corrected chi connectivity index (χ2v) is 8.49. The molecule has 2 rings (SSSR count). The Labute approximate surface area is 130 Å². The minimum atomic E-state index is -3.02. The fourth-order valence-corrected chi connectivity index (χ4v) is 4.89. The van der Waals surface area contributed by atoms with E-state index in [1.807, 2.05) is 6.92 Å². The van der Waals surface area contributed by atoms with Crippen molar-refractivity contribution in [3.05, 3.63) is 28.2 Å². The van der Waals surface area contributed by atoms with Crippen molar-refractivity contribution in [1.82, 2.24) is 5.32 Å². The molecule has 1 fully saturated rings. The molecule has 1 aliphatic rings. The van der Waals surface area contributed by atoms with Gasteiger partial charge in [-0.25, -0.2) is 8.42 Å². The van der Waals surface area contributed by atoms with Gasteiger partial charge in [0.1, 0.15) is 5.75 Å². The zero-order valence-electron chi connectivity index (χ0n) is 11.4. The molecule has 1 aliphatic heterocycles. The summed E-state index contributed by atoms with van der Waals surface area (Å²) < 4.78 is 53.1. The number of alkyl halides is 2. The third kappa shape index (κ3) is 4.62. The number of nitrogens with one attached hydrogen (secondary N) is 1. The molecule has 21 heavy (non-hydrogen) atoms. The highest BCUT2D eigenvalue weighted by Gasteiger charge is 2.37. The normalized spacial score (nSPS) is 24.4. The Morgan fingerprint density at radius 2 is 2.19 bits per heavy atom. The Hall–Kier alpha value is -0.730. The predicted molar refractivity (Wildman–Crippen MR) is 79.3 cm³/mol. The van der Waals surface area contributed by atoms with E-state index in [-0.39, 0.29) is 23.8 Å². The van der Waals surface area contributed by atoms with Gasteiger partial charge in [0.15, 0.2) is 9.84 Å². The lowest BCUT2D eigenvalue weighted by Gasteiger charge is -2.24. The Morgan fingerprint density at radius 3 is 2.76 bits per heavy atom. The number of sulfone groups is 1. The van der Waals surface area contributed by atoms with E-state index in [1.54, 1.807) is 12.1 Å². The smallest absolute Gasteiger partial charge is 0.387 e. The van der Waals surface area contributed by atoms with Crippen LogP contribution < -0.4 is 10.1 Å². The largest absolute Gasteiger partial charge is 0.434 e. The number of halogens is 3. The summed E-state index contributed by atoms with van der Waals surface area (Å²) in [7, 11) is -3.02. The van der Waals surface area contributed by atoms with Crippen LogP contribution in [0.5, 0.6) is 5.75 Å². The highest BCUT2D eigenvalue weighted by atomic mass is 79.9. The van der Waals surface area contributed by atoms with Crippen molar-refractivity contribution >= 4 is 25.8 Å². The van der Waals surface area contributed by atoms with Gasteiger partial charge >= 0.3 is 6.61 Å². The topological polar surface area (TPSA) is 55.4 Å². The Bertz CT molecular complexity index is 624. The molecule has 0 saturated carbocycles. The van der Waals surface area contributed by atoms with E-state index in [0.29, 0.717) is 12.0 Å². The van der Waals surface area contributed by atoms with Crippen LogP contribution in [0.25, 0.3) is 0 Å². The quantitative estimate of drug-likeness (QED) is 0.849. The van der Waals surface area contributed by atoms with Gasteiger partial charge in [0.05, 0.1) is 11.5 Å². The van der Waals surface area contributed by atoms with E-state index < -0.39 is 22.0 Å². The first-order valence-electron chi connectivity index (χ1n) is 6.38. The molecular weight excluding hydrogens is 368 g/mol. The molecule has 118 valence electrons. The van der Waals surface area contributed by atoms with Gasteiger partial charge in [-0.1, -0.05) is 15.9 Å².